The van der Waals surface area contributed by atoms with Crippen LogP contribution >= 0.6 is 11.6 Å². The van der Waals surface area contributed by atoms with Crippen molar-refractivity contribution in [1.82, 2.24) is 5.01 Å². The lowest BCUT2D eigenvalue weighted by atomic mass is 9.98. The van der Waals surface area contributed by atoms with Crippen molar-refractivity contribution in [2.75, 3.05) is 13.0 Å². The van der Waals surface area contributed by atoms with Crippen LogP contribution in [0.15, 0.2) is 53.6 Å². The second kappa shape index (κ2) is 7.01. The summed E-state index contributed by atoms with van der Waals surface area (Å²) in [6.45, 7) is 0. The van der Waals surface area contributed by atoms with E-state index < -0.39 is 0 Å². The molecule has 24 heavy (non-hydrogen) atoms. The number of hydrogen-bond donors (Lipinski definition) is 0. The van der Waals surface area contributed by atoms with Crippen molar-refractivity contribution in [3.05, 3.63) is 65.5 Å². The summed E-state index contributed by atoms with van der Waals surface area (Å²) in [5.74, 6) is -0.0867. The van der Waals surface area contributed by atoms with Crippen molar-refractivity contribution >= 4 is 23.2 Å². The molecular weight excluding hydrogens is 331 g/mol. The van der Waals surface area contributed by atoms with Gasteiger partial charge in [-0.25, -0.2) is 9.40 Å². The molecule has 2 aromatic rings. The summed E-state index contributed by atoms with van der Waals surface area (Å²) in [7, 11) is 1.60. The third-order valence-corrected chi connectivity index (χ3v) is 4.17. The Balaban J connectivity index is 1.93. The van der Waals surface area contributed by atoms with Gasteiger partial charge in [0, 0.05) is 6.42 Å². The number of benzene rings is 2. The summed E-state index contributed by atoms with van der Waals surface area (Å²) >= 11 is 5.70. The van der Waals surface area contributed by atoms with Crippen LogP contribution in [0.3, 0.4) is 0 Å². The van der Waals surface area contributed by atoms with E-state index in [9.17, 15) is 9.18 Å². The van der Waals surface area contributed by atoms with Crippen LogP contribution < -0.4 is 4.74 Å². The second-order valence-electron chi connectivity index (χ2n) is 5.42. The van der Waals surface area contributed by atoms with Crippen LogP contribution in [-0.2, 0) is 4.79 Å². The lowest BCUT2D eigenvalue weighted by Gasteiger charge is -2.21. The molecule has 1 amide bonds. The number of carbonyl (C=O) groups is 1. The van der Waals surface area contributed by atoms with E-state index in [0.717, 1.165) is 17.0 Å². The van der Waals surface area contributed by atoms with Crippen LogP contribution in [0.4, 0.5) is 4.39 Å². The van der Waals surface area contributed by atoms with Crippen LogP contribution in [-0.4, -0.2) is 29.6 Å². The number of nitrogens with zero attached hydrogens (tertiary/aromatic N) is 2. The summed E-state index contributed by atoms with van der Waals surface area (Å²) in [5, 5.41) is 5.77. The van der Waals surface area contributed by atoms with E-state index in [1.165, 1.54) is 17.1 Å². The molecule has 124 valence electrons. The fourth-order valence-electron chi connectivity index (χ4n) is 2.73. The van der Waals surface area contributed by atoms with Crippen LogP contribution in [0, 0.1) is 5.82 Å². The van der Waals surface area contributed by atoms with Gasteiger partial charge in [-0.3, -0.25) is 4.79 Å². The Bertz CT molecular complexity index is 777. The first-order valence-corrected chi connectivity index (χ1v) is 8.01. The monoisotopic (exact) mass is 346 g/mol. The standard InChI is InChI=1S/C18H16ClFN2O2/c1-24-15-7-5-12(6-8-15)16-10-17(22(21-16)18(23)11-19)13-3-2-4-14(20)9-13/h2-9,17H,10-11H2,1H3/t17-/m1/s1. The molecule has 0 saturated carbocycles. The fraction of sp³-hybridized carbons (Fsp3) is 0.222. The number of ether oxygens (including phenoxy) is 1. The Labute approximate surface area is 144 Å². The first kappa shape index (κ1) is 16.5. The molecule has 0 bridgehead atoms. The minimum absolute atomic E-state index is 0.175. The van der Waals surface area contributed by atoms with Crippen molar-refractivity contribution in [1.29, 1.82) is 0 Å². The molecule has 0 saturated heterocycles. The Morgan fingerprint density at radius 1 is 1.33 bits per heavy atom. The van der Waals surface area contributed by atoms with Gasteiger partial charge < -0.3 is 4.74 Å². The third-order valence-electron chi connectivity index (χ3n) is 3.94. The highest BCUT2D eigenvalue weighted by molar-refractivity contribution is 6.27. The van der Waals surface area contributed by atoms with Gasteiger partial charge in [0.1, 0.15) is 17.4 Å². The van der Waals surface area contributed by atoms with Crippen molar-refractivity contribution in [3.8, 4) is 5.75 Å². The van der Waals surface area contributed by atoms with E-state index >= 15 is 0 Å². The number of alkyl halides is 1. The normalized spacial score (nSPS) is 16.9. The van der Waals surface area contributed by atoms with Gasteiger partial charge in [-0.15, -0.1) is 11.6 Å². The predicted octanol–water partition coefficient (Wildman–Crippen LogP) is 3.75. The lowest BCUT2D eigenvalue weighted by Crippen LogP contribution is -2.28. The molecule has 1 aliphatic rings. The highest BCUT2D eigenvalue weighted by Gasteiger charge is 2.32. The topological polar surface area (TPSA) is 41.9 Å². The predicted molar refractivity (Wildman–Crippen MR) is 90.9 cm³/mol. The average Bonchev–Trinajstić information content (AvgIpc) is 3.06. The van der Waals surface area contributed by atoms with E-state index in [2.05, 4.69) is 5.10 Å². The van der Waals surface area contributed by atoms with Crippen LogP contribution in [0.25, 0.3) is 0 Å². The number of amides is 1. The van der Waals surface area contributed by atoms with Crippen LogP contribution in [0.5, 0.6) is 5.75 Å². The van der Waals surface area contributed by atoms with Crippen molar-refractivity contribution < 1.29 is 13.9 Å². The molecule has 4 nitrogen and oxygen atoms in total. The smallest absolute Gasteiger partial charge is 0.258 e. The van der Waals surface area contributed by atoms with E-state index in [-0.39, 0.29) is 23.6 Å². The largest absolute Gasteiger partial charge is 0.497 e. The number of rotatable bonds is 4. The zero-order valence-electron chi connectivity index (χ0n) is 13.1. The molecule has 0 fully saturated rings. The molecule has 0 unspecified atom stereocenters. The molecule has 6 heteroatoms. The van der Waals surface area contributed by atoms with Gasteiger partial charge in [-0.1, -0.05) is 12.1 Å². The highest BCUT2D eigenvalue weighted by Crippen LogP contribution is 2.33. The second-order valence-corrected chi connectivity index (χ2v) is 5.69. The Kier molecular flexibility index (Phi) is 4.81. The maximum Gasteiger partial charge on any atom is 0.258 e. The number of hydrogen-bond acceptors (Lipinski definition) is 3. The summed E-state index contributed by atoms with van der Waals surface area (Å²) in [4.78, 5) is 12.1. The molecule has 0 N–H and O–H groups in total. The SMILES string of the molecule is COc1ccc(C2=NN(C(=O)CCl)[C@@H](c3cccc(F)c3)C2)cc1. The first-order valence-electron chi connectivity index (χ1n) is 7.47. The van der Waals surface area contributed by atoms with Crippen molar-refractivity contribution in [2.24, 2.45) is 5.10 Å². The van der Waals surface area contributed by atoms with Gasteiger partial charge in [-0.05, 0) is 47.5 Å². The molecule has 3 rings (SSSR count). The van der Waals surface area contributed by atoms with E-state index in [1.54, 1.807) is 19.2 Å². The Morgan fingerprint density at radius 3 is 2.71 bits per heavy atom. The van der Waals surface area contributed by atoms with Gasteiger partial charge in [0.05, 0.1) is 18.9 Å². The zero-order chi connectivity index (χ0) is 17.1. The zero-order valence-corrected chi connectivity index (χ0v) is 13.8. The Morgan fingerprint density at radius 2 is 2.08 bits per heavy atom. The van der Waals surface area contributed by atoms with E-state index in [1.807, 2.05) is 24.3 Å². The van der Waals surface area contributed by atoms with Gasteiger partial charge in [0.25, 0.3) is 5.91 Å². The number of methoxy groups -OCH3 is 1. The molecule has 0 spiro atoms. The number of halogens is 2. The summed E-state index contributed by atoms with van der Waals surface area (Å²) < 4.78 is 18.7. The number of carbonyl (C=O) groups excluding carboxylic acids is 1. The van der Waals surface area contributed by atoms with E-state index in [4.69, 9.17) is 16.3 Å². The molecule has 1 aliphatic heterocycles. The van der Waals surface area contributed by atoms with Crippen molar-refractivity contribution in [3.63, 3.8) is 0 Å². The molecule has 1 heterocycles. The molecule has 0 radical (unpaired) electrons. The number of hydrazone groups is 1. The molecule has 0 aliphatic carbocycles. The summed E-state index contributed by atoms with van der Waals surface area (Å²) in [5.41, 5.74) is 2.34. The van der Waals surface area contributed by atoms with Gasteiger partial charge in [0.2, 0.25) is 0 Å². The summed E-state index contributed by atoms with van der Waals surface area (Å²) in [6, 6.07) is 13.3. The molecule has 2 aromatic carbocycles. The maximum absolute atomic E-state index is 13.6. The van der Waals surface area contributed by atoms with Crippen LogP contribution in [0.1, 0.15) is 23.6 Å². The van der Waals surface area contributed by atoms with Crippen molar-refractivity contribution in [2.45, 2.75) is 12.5 Å². The Hall–Kier alpha value is -2.40. The fourth-order valence-corrected chi connectivity index (χ4v) is 2.86. The van der Waals surface area contributed by atoms with Crippen LogP contribution in [0.2, 0.25) is 0 Å². The lowest BCUT2D eigenvalue weighted by molar-refractivity contribution is -0.130. The molecular formula is C18H16ClFN2O2. The minimum atomic E-state index is -0.357. The molecule has 1 atom stereocenters. The first-order chi connectivity index (χ1) is 11.6. The minimum Gasteiger partial charge on any atom is -0.497 e. The van der Waals surface area contributed by atoms with Gasteiger partial charge in [0.15, 0.2) is 0 Å². The van der Waals surface area contributed by atoms with Gasteiger partial charge >= 0.3 is 0 Å². The quantitative estimate of drug-likeness (QED) is 0.791. The average molecular weight is 347 g/mol. The van der Waals surface area contributed by atoms with Gasteiger partial charge in [-0.2, -0.15) is 5.10 Å². The maximum atomic E-state index is 13.6. The molecule has 0 aromatic heterocycles. The third kappa shape index (κ3) is 3.26. The van der Waals surface area contributed by atoms with E-state index in [0.29, 0.717) is 12.0 Å². The highest BCUT2D eigenvalue weighted by atomic mass is 35.5. The summed E-state index contributed by atoms with van der Waals surface area (Å²) in [6.07, 6.45) is 0.498.